The minimum atomic E-state index is 0. The molecule has 24 heavy (non-hydrogen) atoms. The van der Waals surface area contributed by atoms with Gasteiger partial charge in [-0.05, 0) is 33.1 Å². The second kappa shape index (κ2) is 10.1. The number of halogens is 1. The van der Waals surface area contributed by atoms with Gasteiger partial charge in [-0.25, -0.2) is 0 Å². The van der Waals surface area contributed by atoms with Crippen LogP contribution in [0.1, 0.15) is 46.5 Å². The molecule has 2 aliphatic heterocycles. The Morgan fingerprint density at radius 2 is 2.17 bits per heavy atom. The van der Waals surface area contributed by atoms with Crippen molar-refractivity contribution in [2.75, 3.05) is 39.0 Å². The average molecular weight is 468 g/mol. The van der Waals surface area contributed by atoms with E-state index in [0.717, 1.165) is 63.6 Å². The monoisotopic (exact) mass is 468 g/mol. The van der Waals surface area contributed by atoms with Crippen LogP contribution in [0, 0.1) is 0 Å². The van der Waals surface area contributed by atoms with Gasteiger partial charge in [0, 0.05) is 56.2 Å². The summed E-state index contributed by atoms with van der Waals surface area (Å²) in [6.07, 6.45) is 3.77. The lowest BCUT2D eigenvalue weighted by atomic mass is 10.1. The van der Waals surface area contributed by atoms with Crippen molar-refractivity contribution in [2.24, 2.45) is 4.99 Å². The smallest absolute Gasteiger partial charge is 0.222 e. The van der Waals surface area contributed by atoms with E-state index in [0.29, 0.717) is 11.9 Å². The number of hydrogen-bond acceptors (Lipinski definition) is 3. The lowest BCUT2D eigenvalue weighted by molar-refractivity contribution is -0.129. The molecule has 0 aliphatic carbocycles. The fraction of sp³-hybridized carbons (Fsp3) is 0.882. The highest BCUT2D eigenvalue weighted by atomic mass is 127. The van der Waals surface area contributed by atoms with Crippen LogP contribution in [-0.4, -0.2) is 71.4 Å². The maximum Gasteiger partial charge on any atom is 0.222 e. The van der Waals surface area contributed by atoms with Crippen LogP contribution >= 0.6 is 35.7 Å². The molecular weight excluding hydrogens is 435 g/mol. The van der Waals surface area contributed by atoms with E-state index in [2.05, 4.69) is 40.9 Å². The first kappa shape index (κ1) is 21.9. The normalized spacial score (nSPS) is 22.3. The number of carbonyl (C=O) groups is 1. The highest BCUT2D eigenvalue weighted by Gasteiger charge is 2.29. The number of likely N-dealkylation sites (tertiary alicyclic amines) is 1. The fourth-order valence-electron chi connectivity index (χ4n) is 3.52. The molecule has 2 rings (SSSR count). The van der Waals surface area contributed by atoms with Gasteiger partial charge in [0.2, 0.25) is 5.91 Å². The summed E-state index contributed by atoms with van der Waals surface area (Å²) in [4.78, 5) is 20.8. The van der Waals surface area contributed by atoms with Crippen molar-refractivity contribution in [3.8, 4) is 0 Å². The van der Waals surface area contributed by atoms with E-state index >= 15 is 0 Å². The topological polar surface area (TPSA) is 47.9 Å². The summed E-state index contributed by atoms with van der Waals surface area (Å²) >= 11 is 2.03. The van der Waals surface area contributed by atoms with Crippen LogP contribution in [0.4, 0.5) is 0 Å². The molecule has 1 unspecified atom stereocenters. The molecule has 1 N–H and O–H groups in total. The van der Waals surface area contributed by atoms with Crippen LogP contribution in [0.15, 0.2) is 4.99 Å². The summed E-state index contributed by atoms with van der Waals surface area (Å²) in [5, 5.41) is 3.51. The molecule has 0 aromatic carbocycles. The summed E-state index contributed by atoms with van der Waals surface area (Å²) < 4.78 is 0.282. The molecule has 2 fully saturated rings. The number of nitrogens with one attached hydrogen (secondary N) is 1. The molecule has 2 heterocycles. The van der Waals surface area contributed by atoms with E-state index in [4.69, 9.17) is 0 Å². The molecular formula is C17H33IN4OS. The van der Waals surface area contributed by atoms with Crippen molar-refractivity contribution in [3.05, 3.63) is 0 Å². The Balaban J connectivity index is 0.00000288. The number of rotatable bonds is 5. The maximum atomic E-state index is 11.9. The number of amides is 1. The van der Waals surface area contributed by atoms with E-state index in [9.17, 15) is 4.79 Å². The second-order valence-corrected chi connectivity index (χ2v) is 8.85. The van der Waals surface area contributed by atoms with Gasteiger partial charge in [0.15, 0.2) is 5.96 Å². The summed E-state index contributed by atoms with van der Waals surface area (Å²) in [6.45, 7) is 10.7. The first-order valence-corrected chi connectivity index (χ1v) is 9.84. The van der Waals surface area contributed by atoms with Gasteiger partial charge in [0.05, 0.1) is 0 Å². The molecule has 0 bridgehead atoms. The van der Waals surface area contributed by atoms with E-state index in [1.807, 2.05) is 18.8 Å². The van der Waals surface area contributed by atoms with Gasteiger partial charge in [0.25, 0.3) is 0 Å². The van der Waals surface area contributed by atoms with Crippen molar-refractivity contribution >= 4 is 47.6 Å². The number of hydrogen-bond donors (Lipinski definition) is 1. The Bertz CT molecular complexity index is 444. The Hall–Kier alpha value is -0.180. The van der Waals surface area contributed by atoms with Gasteiger partial charge < -0.3 is 15.1 Å². The third kappa shape index (κ3) is 5.97. The number of carbonyl (C=O) groups excluding carboxylic acids is 1. The highest BCUT2D eigenvalue weighted by Crippen LogP contribution is 2.29. The summed E-state index contributed by atoms with van der Waals surface area (Å²) in [6, 6.07) is 0.365. The van der Waals surface area contributed by atoms with E-state index < -0.39 is 0 Å². The maximum absolute atomic E-state index is 11.9. The zero-order chi connectivity index (χ0) is 16.9. The van der Waals surface area contributed by atoms with Crippen LogP contribution in [0.3, 0.4) is 0 Å². The first-order chi connectivity index (χ1) is 11.0. The number of guanidine groups is 1. The zero-order valence-corrected chi connectivity index (χ0v) is 18.7. The van der Waals surface area contributed by atoms with Crippen molar-refractivity contribution in [3.63, 3.8) is 0 Å². The van der Waals surface area contributed by atoms with Crippen LogP contribution in [0.25, 0.3) is 0 Å². The molecule has 0 radical (unpaired) electrons. The van der Waals surface area contributed by atoms with Gasteiger partial charge in [0.1, 0.15) is 0 Å². The molecule has 0 spiro atoms. The molecule has 0 saturated carbocycles. The molecule has 1 amide bonds. The fourth-order valence-corrected chi connectivity index (χ4v) is 4.63. The average Bonchev–Trinajstić information content (AvgIpc) is 2.92. The van der Waals surface area contributed by atoms with Crippen molar-refractivity contribution in [2.45, 2.75) is 57.2 Å². The molecule has 5 nitrogen and oxygen atoms in total. The third-order valence-electron chi connectivity index (χ3n) is 4.72. The molecule has 2 aliphatic rings. The molecule has 1 atom stereocenters. The van der Waals surface area contributed by atoms with Crippen LogP contribution in [0.5, 0.6) is 0 Å². The van der Waals surface area contributed by atoms with E-state index in [-0.39, 0.29) is 28.7 Å². The van der Waals surface area contributed by atoms with Crippen molar-refractivity contribution in [1.82, 2.24) is 15.1 Å². The minimum absolute atomic E-state index is 0. The van der Waals surface area contributed by atoms with Crippen molar-refractivity contribution < 1.29 is 4.79 Å². The SMILES string of the molecule is CCC(CCNC(=NC)N1CCSC(C)(C)C1)N1CCCC1=O.I. The summed E-state index contributed by atoms with van der Waals surface area (Å²) in [5.41, 5.74) is 0. The van der Waals surface area contributed by atoms with E-state index in [1.54, 1.807) is 0 Å². The molecule has 7 heteroatoms. The van der Waals surface area contributed by atoms with Gasteiger partial charge in [-0.15, -0.1) is 24.0 Å². The lowest BCUT2D eigenvalue weighted by Gasteiger charge is -2.39. The van der Waals surface area contributed by atoms with Gasteiger partial charge >= 0.3 is 0 Å². The Morgan fingerprint density at radius 1 is 1.42 bits per heavy atom. The largest absolute Gasteiger partial charge is 0.356 e. The van der Waals surface area contributed by atoms with Crippen LogP contribution in [-0.2, 0) is 4.79 Å². The molecule has 2 saturated heterocycles. The molecule has 0 aromatic rings. The number of thioether (sulfide) groups is 1. The first-order valence-electron chi connectivity index (χ1n) is 8.86. The van der Waals surface area contributed by atoms with Crippen LogP contribution in [0.2, 0.25) is 0 Å². The number of aliphatic imine (C=N–C) groups is 1. The summed E-state index contributed by atoms with van der Waals surface area (Å²) in [5.74, 6) is 2.48. The van der Waals surface area contributed by atoms with Gasteiger partial charge in [-0.3, -0.25) is 9.79 Å². The minimum Gasteiger partial charge on any atom is -0.356 e. The van der Waals surface area contributed by atoms with E-state index in [1.165, 1.54) is 0 Å². The third-order valence-corrected chi connectivity index (χ3v) is 6.02. The predicted octanol–water partition coefficient (Wildman–Crippen LogP) is 2.80. The predicted molar refractivity (Wildman–Crippen MR) is 115 cm³/mol. The summed E-state index contributed by atoms with van der Waals surface area (Å²) in [7, 11) is 1.86. The molecule has 0 aromatic heterocycles. The quantitative estimate of drug-likeness (QED) is 0.383. The van der Waals surface area contributed by atoms with Crippen molar-refractivity contribution in [1.29, 1.82) is 0 Å². The Kier molecular flexibility index (Phi) is 9.19. The standard InChI is InChI=1S/C17H32N4OS.HI/c1-5-14(21-10-6-7-15(21)22)8-9-19-16(18-4)20-11-12-23-17(2,3)13-20;/h14H,5-13H2,1-4H3,(H,18,19);1H. The Morgan fingerprint density at radius 3 is 2.71 bits per heavy atom. The molecule has 140 valence electrons. The Labute approximate surface area is 168 Å². The lowest BCUT2D eigenvalue weighted by Crippen LogP contribution is -2.51. The second-order valence-electron chi connectivity index (χ2n) is 7.05. The highest BCUT2D eigenvalue weighted by molar-refractivity contribution is 14.0. The number of nitrogens with zero attached hydrogens (tertiary/aromatic N) is 3. The van der Waals surface area contributed by atoms with Gasteiger partial charge in [-0.2, -0.15) is 11.8 Å². The van der Waals surface area contributed by atoms with Crippen LogP contribution < -0.4 is 5.32 Å². The zero-order valence-electron chi connectivity index (χ0n) is 15.5. The van der Waals surface area contributed by atoms with Gasteiger partial charge in [-0.1, -0.05) is 6.92 Å².